The van der Waals surface area contributed by atoms with Gasteiger partial charge in [0.05, 0.1) is 11.0 Å². The quantitative estimate of drug-likeness (QED) is 0.194. The number of benzene rings is 7. The van der Waals surface area contributed by atoms with Gasteiger partial charge >= 0.3 is 0 Å². The predicted molar refractivity (Wildman–Crippen MR) is 218 cm³/mol. The van der Waals surface area contributed by atoms with Crippen molar-refractivity contribution in [3.05, 3.63) is 192 Å². The molecule has 0 amide bonds. The maximum absolute atomic E-state index is 4.74. The number of para-hydroxylation sites is 1. The van der Waals surface area contributed by atoms with Crippen LogP contribution in [-0.2, 0) is 5.41 Å². The molecule has 0 spiro atoms. The van der Waals surface area contributed by atoms with E-state index in [2.05, 4.69) is 181 Å². The fourth-order valence-electron chi connectivity index (χ4n) is 8.40. The first-order valence-electron chi connectivity index (χ1n) is 18.1. The summed E-state index contributed by atoms with van der Waals surface area (Å²) >= 11 is 0. The van der Waals surface area contributed by atoms with E-state index < -0.39 is 0 Å². The molecule has 1 unspecified atom stereocenters. The summed E-state index contributed by atoms with van der Waals surface area (Å²) in [6.07, 6.45) is 3.81. The molecule has 10 rings (SSSR count). The molecule has 8 aromatic rings. The monoisotopic (exact) mass is 667 g/mol. The summed E-state index contributed by atoms with van der Waals surface area (Å²) in [6.45, 7) is 4.69. The largest absolute Gasteiger partial charge is 0.360 e. The van der Waals surface area contributed by atoms with Gasteiger partial charge in [0, 0.05) is 33.8 Å². The topological polar surface area (TPSA) is 29.3 Å². The lowest BCUT2D eigenvalue weighted by Crippen LogP contribution is -2.21. The molecule has 7 aromatic carbocycles. The molecule has 0 saturated carbocycles. The first kappa shape index (κ1) is 30.4. The van der Waals surface area contributed by atoms with E-state index >= 15 is 0 Å². The highest BCUT2D eigenvalue weighted by molar-refractivity contribution is 6.10. The van der Waals surface area contributed by atoms with Gasteiger partial charge in [-0.25, -0.2) is 0 Å². The molecule has 2 heterocycles. The summed E-state index contributed by atoms with van der Waals surface area (Å²) in [5.74, 6) is 0. The van der Waals surface area contributed by atoms with E-state index in [9.17, 15) is 0 Å². The van der Waals surface area contributed by atoms with Crippen LogP contribution in [0.3, 0.4) is 0 Å². The number of nitrogens with one attached hydrogen (secondary N) is 1. The highest BCUT2D eigenvalue weighted by Crippen LogP contribution is 2.49. The van der Waals surface area contributed by atoms with Crippen molar-refractivity contribution in [3.63, 3.8) is 0 Å². The van der Waals surface area contributed by atoms with Crippen molar-refractivity contribution in [2.45, 2.75) is 25.4 Å². The molecule has 3 nitrogen and oxygen atoms in total. The first-order chi connectivity index (χ1) is 25.5. The molecule has 52 heavy (non-hydrogen) atoms. The smallest absolute Gasteiger partial charge is 0.144 e. The minimum absolute atomic E-state index is 0.0247. The molecule has 1 atom stereocenters. The van der Waals surface area contributed by atoms with Gasteiger partial charge in [0.25, 0.3) is 0 Å². The van der Waals surface area contributed by atoms with Crippen molar-refractivity contribution < 1.29 is 0 Å². The molecule has 0 saturated heterocycles. The normalized spacial score (nSPS) is 15.7. The fraction of sp³-hybridized carbons (Fsp3) is 0.0816. The Kier molecular flexibility index (Phi) is 6.91. The van der Waals surface area contributed by atoms with Crippen molar-refractivity contribution in [3.8, 4) is 39.1 Å². The zero-order valence-corrected chi connectivity index (χ0v) is 29.2. The molecule has 248 valence electrons. The third-order valence-corrected chi connectivity index (χ3v) is 11.1. The molecule has 1 N–H and O–H groups in total. The van der Waals surface area contributed by atoms with E-state index in [0.717, 1.165) is 22.5 Å². The minimum atomic E-state index is -0.134. The van der Waals surface area contributed by atoms with Crippen molar-refractivity contribution >= 4 is 33.7 Å². The molecule has 0 fully saturated rings. The Morgan fingerprint density at radius 3 is 2.02 bits per heavy atom. The minimum Gasteiger partial charge on any atom is -0.360 e. The van der Waals surface area contributed by atoms with Crippen LogP contribution in [0.25, 0.3) is 66.6 Å². The number of rotatable bonds is 5. The summed E-state index contributed by atoms with van der Waals surface area (Å²) in [7, 11) is 0. The van der Waals surface area contributed by atoms with E-state index in [-0.39, 0.29) is 11.6 Å². The number of nitrogens with zero attached hydrogens (tertiary/aromatic N) is 2. The van der Waals surface area contributed by atoms with Gasteiger partial charge in [0.1, 0.15) is 6.17 Å². The number of hydrogen-bond donors (Lipinski definition) is 1. The van der Waals surface area contributed by atoms with Crippen LogP contribution in [0.1, 0.15) is 42.3 Å². The van der Waals surface area contributed by atoms with Crippen LogP contribution in [0.5, 0.6) is 0 Å². The van der Waals surface area contributed by atoms with Crippen molar-refractivity contribution in [2.24, 2.45) is 4.99 Å². The van der Waals surface area contributed by atoms with Gasteiger partial charge in [0.2, 0.25) is 0 Å². The highest BCUT2D eigenvalue weighted by Gasteiger charge is 2.35. The predicted octanol–water partition coefficient (Wildman–Crippen LogP) is 12.1. The lowest BCUT2D eigenvalue weighted by molar-refractivity contribution is 0.660. The number of aliphatic imine (C=N–C) groups is 1. The van der Waals surface area contributed by atoms with Gasteiger partial charge in [-0.3, -0.25) is 4.99 Å². The summed E-state index contributed by atoms with van der Waals surface area (Å²) in [4.78, 5) is 4.74. The zero-order chi connectivity index (χ0) is 34.8. The Labute approximate surface area is 304 Å². The average Bonchev–Trinajstić information content (AvgIpc) is 3.66. The number of fused-ring (bicyclic) bond motifs is 6. The SMILES string of the molecule is CC1(C)c2ccccc2-c2ccc(-c3cccc(-c4ccc5c(c4)c4ccccc4n5-c4ccc(C5N=CC=C(c6ccccc6)N5)cc4)c3)cc21. The zero-order valence-electron chi connectivity index (χ0n) is 29.2. The van der Waals surface area contributed by atoms with Gasteiger partial charge in [0.15, 0.2) is 0 Å². The summed E-state index contributed by atoms with van der Waals surface area (Å²) in [5.41, 5.74) is 17.3. The van der Waals surface area contributed by atoms with Crippen molar-refractivity contribution in [1.29, 1.82) is 0 Å². The standard InChI is InChI=1S/C49H37N3/c1-49(2)43-17-8-6-15-39(43)40-25-21-37(31-44(40)49)35-14-10-13-34(29-35)36-22-26-47-42(30-36)41-16-7-9-18-46(41)52(47)38-23-19-33(20-24-38)48-50-28-27-45(51-48)32-11-4-3-5-12-32/h3-31,48,51H,1-2H3. The Hall–Kier alpha value is -6.45. The third-order valence-electron chi connectivity index (χ3n) is 11.1. The lowest BCUT2D eigenvalue weighted by Gasteiger charge is -2.22. The van der Waals surface area contributed by atoms with Gasteiger partial charge in [-0.1, -0.05) is 135 Å². The Morgan fingerprint density at radius 2 is 1.17 bits per heavy atom. The average molecular weight is 668 g/mol. The van der Waals surface area contributed by atoms with Crippen LogP contribution in [0.2, 0.25) is 0 Å². The van der Waals surface area contributed by atoms with Crippen LogP contribution in [0, 0.1) is 0 Å². The van der Waals surface area contributed by atoms with E-state index in [1.165, 1.54) is 66.3 Å². The molecule has 1 aliphatic carbocycles. The summed E-state index contributed by atoms with van der Waals surface area (Å²) in [5, 5.41) is 6.10. The second-order valence-corrected chi connectivity index (χ2v) is 14.5. The van der Waals surface area contributed by atoms with E-state index in [1.807, 2.05) is 18.4 Å². The number of aromatic nitrogens is 1. The van der Waals surface area contributed by atoms with Gasteiger partial charge in [-0.15, -0.1) is 0 Å². The van der Waals surface area contributed by atoms with E-state index in [1.54, 1.807) is 0 Å². The fourth-order valence-corrected chi connectivity index (χ4v) is 8.40. The molecule has 2 aliphatic rings. The van der Waals surface area contributed by atoms with Crippen molar-refractivity contribution in [1.82, 2.24) is 9.88 Å². The van der Waals surface area contributed by atoms with E-state index in [4.69, 9.17) is 4.99 Å². The Balaban J connectivity index is 0.988. The Bertz CT molecular complexity index is 2730. The lowest BCUT2D eigenvalue weighted by atomic mass is 9.81. The maximum Gasteiger partial charge on any atom is 0.144 e. The number of allylic oxidation sites excluding steroid dienone is 1. The highest BCUT2D eigenvalue weighted by atomic mass is 15.1. The van der Waals surface area contributed by atoms with Gasteiger partial charge in [-0.05, 0) is 104 Å². The van der Waals surface area contributed by atoms with E-state index in [0.29, 0.717) is 0 Å². The molecule has 1 aliphatic heterocycles. The van der Waals surface area contributed by atoms with Crippen LogP contribution >= 0.6 is 0 Å². The Morgan fingerprint density at radius 1 is 0.519 bits per heavy atom. The molecule has 1 aromatic heterocycles. The second-order valence-electron chi connectivity index (χ2n) is 14.5. The molecule has 3 heteroatoms. The molecule has 0 bridgehead atoms. The van der Waals surface area contributed by atoms with Crippen LogP contribution in [-0.4, -0.2) is 10.8 Å². The van der Waals surface area contributed by atoms with Gasteiger partial charge in [-0.2, -0.15) is 0 Å². The van der Waals surface area contributed by atoms with Crippen LogP contribution in [0.15, 0.2) is 175 Å². The van der Waals surface area contributed by atoms with Gasteiger partial charge < -0.3 is 9.88 Å². The third kappa shape index (κ3) is 4.85. The second kappa shape index (κ2) is 11.8. The van der Waals surface area contributed by atoms with Crippen LogP contribution in [0.4, 0.5) is 0 Å². The summed E-state index contributed by atoms with van der Waals surface area (Å²) < 4.78 is 2.38. The van der Waals surface area contributed by atoms with Crippen molar-refractivity contribution in [2.75, 3.05) is 0 Å². The first-order valence-corrected chi connectivity index (χ1v) is 18.1. The maximum atomic E-state index is 4.74. The number of hydrogen-bond acceptors (Lipinski definition) is 2. The molecular weight excluding hydrogens is 631 g/mol. The summed E-state index contributed by atoms with van der Waals surface area (Å²) in [6, 6.07) is 59.7. The van der Waals surface area contributed by atoms with Crippen LogP contribution < -0.4 is 5.32 Å². The molecular formula is C49H37N3. The molecule has 0 radical (unpaired) electrons.